The maximum absolute atomic E-state index is 5.29. The predicted molar refractivity (Wildman–Crippen MR) is 63.4 cm³/mol. The molecule has 1 aromatic carbocycles. The summed E-state index contributed by atoms with van der Waals surface area (Å²) in [6.45, 7) is 2.39. The molecule has 1 saturated carbocycles. The van der Waals surface area contributed by atoms with E-state index in [0.717, 1.165) is 5.75 Å². The van der Waals surface area contributed by atoms with Crippen LogP contribution in [0.3, 0.4) is 0 Å². The second-order valence-electron chi connectivity index (χ2n) is 4.85. The normalized spacial score (nSPS) is 19.9. The van der Waals surface area contributed by atoms with Crippen molar-refractivity contribution in [3.63, 3.8) is 0 Å². The van der Waals surface area contributed by atoms with Crippen LogP contribution in [0.5, 0.6) is 5.75 Å². The molecule has 1 nitrogen and oxygen atoms in total. The average molecular weight is 204 g/mol. The fraction of sp³-hybridized carbons (Fsp3) is 0.571. The molecule has 1 aromatic rings. The lowest BCUT2D eigenvalue weighted by Gasteiger charge is -2.34. The van der Waals surface area contributed by atoms with Crippen LogP contribution in [0.25, 0.3) is 0 Å². The van der Waals surface area contributed by atoms with E-state index in [1.54, 1.807) is 7.11 Å². The lowest BCUT2D eigenvalue weighted by molar-refractivity contribution is 0.318. The molecule has 1 fully saturated rings. The van der Waals surface area contributed by atoms with Gasteiger partial charge in [-0.25, -0.2) is 0 Å². The third-order valence-electron chi connectivity index (χ3n) is 3.72. The highest BCUT2D eigenvalue weighted by Crippen LogP contribution is 2.39. The van der Waals surface area contributed by atoms with E-state index in [0.29, 0.717) is 5.41 Å². The first-order valence-corrected chi connectivity index (χ1v) is 5.89. The summed E-state index contributed by atoms with van der Waals surface area (Å²) in [6, 6.07) is 8.57. The van der Waals surface area contributed by atoms with E-state index < -0.39 is 0 Å². The van der Waals surface area contributed by atoms with Crippen LogP contribution in [0.15, 0.2) is 24.3 Å². The molecular formula is C14H20O. The van der Waals surface area contributed by atoms with Gasteiger partial charge in [0.2, 0.25) is 0 Å². The topological polar surface area (TPSA) is 9.23 Å². The van der Waals surface area contributed by atoms with Gasteiger partial charge in [-0.2, -0.15) is 0 Å². The molecule has 0 aromatic heterocycles. The summed E-state index contributed by atoms with van der Waals surface area (Å²) < 4.78 is 5.29. The summed E-state index contributed by atoms with van der Waals surface area (Å²) in [5.74, 6) is 0.985. The van der Waals surface area contributed by atoms with Crippen LogP contribution in [0, 0.1) is 0 Å². The quantitative estimate of drug-likeness (QED) is 0.709. The fourth-order valence-corrected chi connectivity index (χ4v) is 2.62. The van der Waals surface area contributed by atoms with Crippen molar-refractivity contribution in [2.75, 3.05) is 7.11 Å². The first-order chi connectivity index (χ1) is 7.24. The molecule has 1 aliphatic carbocycles. The van der Waals surface area contributed by atoms with Crippen LogP contribution >= 0.6 is 0 Å². The van der Waals surface area contributed by atoms with Gasteiger partial charge in [0.15, 0.2) is 0 Å². The largest absolute Gasteiger partial charge is 0.497 e. The second kappa shape index (κ2) is 4.26. The Morgan fingerprint density at radius 3 is 2.53 bits per heavy atom. The van der Waals surface area contributed by atoms with Gasteiger partial charge in [-0.3, -0.25) is 0 Å². The predicted octanol–water partition coefficient (Wildman–Crippen LogP) is 3.92. The minimum Gasteiger partial charge on any atom is -0.497 e. The van der Waals surface area contributed by atoms with Gasteiger partial charge in [-0.1, -0.05) is 38.3 Å². The summed E-state index contributed by atoms with van der Waals surface area (Å²) in [6.07, 6.45) is 6.78. The number of hydrogen-bond donors (Lipinski definition) is 0. The summed E-state index contributed by atoms with van der Waals surface area (Å²) >= 11 is 0. The van der Waals surface area contributed by atoms with Gasteiger partial charge in [-0.05, 0) is 36.0 Å². The third-order valence-corrected chi connectivity index (χ3v) is 3.72. The SMILES string of the molecule is COc1cccc(C2(C)CCCCC2)c1. The van der Waals surface area contributed by atoms with Gasteiger partial charge >= 0.3 is 0 Å². The highest BCUT2D eigenvalue weighted by Gasteiger charge is 2.28. The standard InChI is InChI=1S/C14H20O/c1-14(9-4-3-5-10-14)12-7-6-8-13(11-12)15-2/h6-8,11H,3-5,9-10H2,1-2H3. The monoisotopic (exact) mass is 204 g/mol. The van der Waals surface area contributed by atoms with E-state index in [1.807, 2.05) is 6.07 Å². The number of hydrogen-bond acceptors (Lipinski definition) is 1. The zero-order valence-corrected chi connectivity index (χ0v) is 9.75. The zero-order chi connectivity index (χ0) is 10.7. The van der Waals surface area contributed by atoms with Crippen molar-refractivity contribution in [1.29, 1.82) is 0 Å². The smallest absolute Gasteiger partial charge is 0.119 e. The van der Waals surface area contributed by atoms with E-state index in [1.165, 1.54) is 37.7 Å². The van der Waals surface area contributed by atoms with Gasteiger partial charge in [-0.15, -0.1) is 0 Å². The van der Waals surface area contributed by atoms with Crippen LogP contribution in [0.4, 0.5) is 0 Å². The lowest BCUT2D eigenvalue weighted by atomic mass is 9.71. The maximum atomic E-state index is 5.29. The Kier molecular flexibility index (Phi) is 2.99. The van der Waals surface area contributed by atoms with Crippen molar-refractivity contribution < 1.29 is 4.74 Å². The molecule has 1 heteroatoms. The van der Waals surface area contributed by atoms with Gasteiger partial charge < -0.3 is 4.74 Å². The third kappa shape index (κ3) is 2.17. The highest BCUT2D eigenvalue weighted by atomic mass is 16.5. The first-order valence-electron chi connectivity index (χ1n) is 5.89. The first kappa shape index (κ1) is 10.5. The molecule has 0 bridgehead atoms. The number of methoxy groups -OCH3 is 1. The van der Waals surface area contributed by atoms with Gasteiger partial charge in [0.05, 0.1) is 7.11 Å². The number of benzene rings is 1. The van der Waals surface area contributed by atoms with Crippen molar-refractivity contribution in [3.8, 4) is 5.75 Å². The average Bonchev–Trinajstić information content (AvgIpc) is 2.30. The van der Waals surface area contributed by atoms with Gasteiger partial charge in [0, 0.05) is 0 Å². The van der Waals surface area contributed by atoms with E-state index >= 15 is 0 Å². The van der Waals surface area contributed by atoms with E-state index in [4.69, 9.17) is 4.74 Å². The maximum Gasteiger partial charge on any atom is 0.119 e. The van der Waals surface area contributed by atoms with E-state index in [2.05, 4.69) is 25.1 Å². The minimum atomic E-state index is 0.382. The Balaban J connectivity index is 2.26. The molecule has 0 radical (unpaired) electrons. The highest BCUT2D eigenvalue weighted by molar-refractivity contribution is 5.33. The Hall–Kier alpha value is -0.980. The molecule has 0 N–H and O–H groups in total. The molecule has 15 heavy (non-hydrogen) atoms. The van der Waals surface area contributed by atoms with Crippen molar-refractivity contribution in [2.24, 2.45) is 0 Å². The van der Waals surface area contributed by atoms with Gasteiger partial charge in [0.1, 0.15) is 5.75 Å². The molecule has 0 saturated heterocycles. The van der Waals surface area contributed by atoms with Crippen molar-refractivity contribution in [2.45, 2.75) is 44.4 Å². The summed E-state index contributed by atoms with van der Waals surface area (Å²) in [4.78, 5) is 0. The molecule has 1 aliphatic rings. The van der Waals surface area contributed by atoms with E-state index in [9.17, 15) is 0 Å². The molecule has 0 amide bonds. The van der Waals surface area contributed by atoms with Gasteiger partial charge in [0.25, 0.3) is 0 Å². The van der Waals surface area contributed by atoms with Crippen LogP contribution in [-0.2, 0) is 5.41 Å². The molecule has 0 heterocycles. The van der Waals surface area contributed by atoms with Crippen LogP contribution in [0.1, 0.15) is 44.6 Å². The van der Waals surface area contributed by atoms with Crippen LogP contribution < -0.4 is 4.74 Å². The molecule has 82 valence electrons. The Labute approximate surface area is 92.5 Å². The van der Waals surface area contributed by atoms with Crippen molar-refractivity contribution in [1.82, 2.24) is 0 Å². The number of ether oxygens (including phenoxy) is 1. The molecule has 0 aliphatic heterocycles. The minimum absolute atomic E-state index is 0.382. The zero-order valence-electron chi connectivity index (χ0n) is 9.75. The Morgan fingerprint density at radius 2 is 1.87 bits per heavy atom. The molecule has 0 unspecified atom stereocenters. The van der Waals surface area contributed by atoms with Crippen LogP contribution in [0.2, 0.25) is 0 Å². The summed E-state index contributed by atoms with van der Waals surface area (Å²) in [5.41, 5.74) is 1.83. The van der Waals surface area contributed by atoms with Crippen molar-refractivity contribution in [3.05, 3.63) is 29.8 Å². The summed E-state index contributed by atoms with van der Waals surface area (Å²) in [5, 5.41) is 0. The lowest BCUT2D eigenvalue weighted by Crippen LogP contribution is -2.24. The molecule has 0 atom stereocenters. The van der Waals surface area contributed by atoms with Crippen molar-refractivity contribution >= 4 is 0 Å². The summed E-state index contributed by atoms with van der Waals surface area (Å²) in [7, 11) is 1.74. The Morgan fingerprint density at radius 1 is 1.13 bits per heavy atom. The fourth-order valence-electron chi connectivity index (χ4n) is 2.62. The molecule has 2 rings (SSSR count). The second-order valence-corrected chi connectivity index (χ2v) is 4.85. The molecule has 0 spiro atoms. The Bertz CT molecular complexity index is 324. The number of rotatable bonds is 2. The van der Waals surface area contributed by atoms with E-state index in [-0.39, 0.29) is 0 Å². The molecular weight excluding hydrogens is 184 g/mol. The van der Waals surface area contributed by atoms with Crippen LogP contribution in [-0.4, -0.2) is 7.11 Å².